The molecule has 1 saturated carbocycles. The van der Waals surface area contributed by atoms with Crippen LogP contribution in [0.5, 0.6) is 5.75 Å². The van der Waals surface area contributed by atoms with Gasteiger partial charge in [0, 0.05) is 11.6 Å². The lowest BCUT2D eigenvalue weighted by atomic mass is 9.95. The normalized spacial score (nSPS) is 16.1. The summed E-state index contributed by atoms with van der Waals surface area (Å²) in [6, 6.07) is 13.6. The average Bonchev–Trinajstić information content (AvgIpc) is 3.21. The van der Waals surface area contributed by atoms with Gasteiger partial charge < -0.3 is 15.2 Å². The molecule has 7 heteroatoms. The molecule has 2 aromatic rings. The largest absolute Gasteiger partial charge is 0.492 e. The van der Waals surface area contributed by atoms with Crippen LogP contribution in [0.2, 0.25) is 5.02 Å². The molecule has 0 bridgehead atoms. The zero-order chi connectivity index (χ0) is 21.6. The van der Waals surface area contributed by atoms with Crippen LogP contribution in [0, 0.1) is 0 Å². The maximum Gasteiger partial charge on any atom is 0.335 e. The Hall–Kier alpha value is -2.57. The zero-order valence-corrected chi connectivity index (χ0v) is 17.7. The molecule has 1 unspecified atom stereocenters. The molecule has 0 heterocycles. The second-order valence-corrected chi connectivity index (χ2v) is 8.08. The Morgan fingerprint density at radius 3 is 2.50 bits per heavy atom. The highest BCUT2D eigenvalue weighted by molar-refractivity contribution is 6.30. The Morgan fingerprint density at radius 2 is 1.87 bits per heavy atom. The van der Waals surface area contributed by atoms with Gasteiger partial charge in [-0.05, 0) is 55.7 Å². The number of halogens is 1. The molecule has 3 N–H and O–H groups in total. The third-order valence-electron chi connectivity index (χ3n) is 5.53. The maximum atomic E-state index is 13.1. The summed E-state index contributed by atoms with van der Waals surface area (Å²) in [7, 11) is 0. The molecule has 0 saturated heterocycles. The molecule has 0 radical (unpaired) electrons. The van der Waals surface area contributed by atoms with Gasteiger partial charge in [0.1, 0.15) is 12.4 Å². The van der Waals surface area contributed by atoms with Crippen LogP contribution in [0.1, 0.15) is 54.6 Å². The van der Waals surface area contributed by atoms with Gasteiger partial charge in [-0.3, -0.25) is 10.1 Å². The molecule has 0 aromatic heterocycles. The fraction of sp³-hybridized carbons (Fsp3) is 0.391. The maximum absolute atomic E-state index is 13.1. The summed E-state index contributed by atoms with van der Waals surface area (Å²) >= 11 is 5.97. The monoisotopic (exact) mass is 430 g/mol. The van der Waals surface area contributed by atoms with E-state index in [1.807, 2.05) is 19.1 Å². The molecule has 0 aliphatic heterocycles. The first-order valence-electron chi connectivity index (χ1n) is 10.2. The number of hydrogen-bond acceptors (Lipinski definition) is 4. The van der Waals surface area contributed by atoms with Gasteiger partial charge >= 0.3 is 5.97 Å². The van der Waals surface area contributed by atoms with Crippen molar-refractivity contribution in [1.82, 2.24) is 10.6 Å². The third-order valence-corrected chi connectivity index (χ3v) is 5.76. The fourth-order valence-electron chi connectivity index (χ4n) is 3.81. The lowest BCUT2D eigenvalue weighted by Gasteiger charge is -2.31. The van der Waals surface area contributed by atoms with Crippen LogP contribution in [0.25, 0.3) is 0 Å². The number of carbonyl (C=O) groups is 2. The number of amides is 1. The minimum absolute atomic E-state index is 0.0300. The Bertz CT molecular complexity index is 879. The number of hydrogen-bond donors (Lipinski definition) is 3. The average molecular weight is 431 g/mol. The topological polar surface area (TPSA) is 87.7 Å². The molecule has 6 nitrogen and oxygen atoms in total. The van der Waals surface area contributed by atoms with Crippen molar-refractivity contribution in [3.05, 3.63) is 64.7 Å². The van der Waals surface area contributed by atoms with Crippen LogP contribution >= 0.6 is 11.6 Å². The molecule has 1 fully saturated rings. The number of ether oxygens (including phenoxy) is 1. The Labute approximate surface area is 181 Å². The molecular formula is C23H27ClN2O4. The van der Waals surface area contributed by atoms with E-state index in [-0.39, 0.29) is 17.5 Å². The van der Waals surface area contributed by atoms with Gasteiger partial charge in [0.05, 0.1) is 17.1 Å². The highest BCUT2D eigenvalue weighted by Gasteiger charge is 2.41. The van der Waals surface area contributed by atoms with E-state index >= 15 is 0 Å². The quantitative estimate of drug-likeness (QED) is 0.519. The number of rotatable bonds is 9. The lowest BCUT2D eigenvalue weighted by Crippen LogP contribution is -2.56. The van der Waals surface area contributed by atoms with Gasteiger partial charge in [0.2, 0.25) is 5.91 Å². The number of carbonyl (C=O) groups excluding carboxylic acids is 1. The lowest BCUT2D eigenvalue weighted by molar-refractivity contribution is -0.128. The molecule has 1 atom stereocenters. The van der Waals surface area contributed by atoms with Gasteiger partial charge in [-0.1, -0.05) is 42.6 Å². The smallest absolute Gasteiger partial charge is 0.335 e. The number of carboxylic acids is 1. The standard InChI is InChI=1S/C23H27ClN2O4/c1-16(17-7-9-18(10-8-17)21(27)28)26-22(29)23(11-2-3-12-23)25-13-14-30-20-6-4-5-19(24)15-20/h4-10,15-16,25H,2-3,11-14H2,1H3,(H,26,29)(H,27,28). The first-order chi connectivity index (χ1) is 14.4. The van der Waals surface area contributed by atoms with E-state index in [0.29, 0.717) is 23.9 Å². The van der Waals surface area contributed by atoms with E-state index < -0.39 is 11.5 Å². The minimum atomic E-state index is -0.965. The van der Waals surface area contributed by atoms with E-state index in [1.165, 1.54) is 0 Å². The number of carboxylic acid groups (broad SMARTS) is 1. The van der Waals surface area contributed by atoms with Crippen LogP contribution in [-0.4, -0.2) is 35.7 Å². The predicted octanol–water partition coefficient (Wildman–Crippen LogP) is 4.20. The van der Waals surface area contributed by atoms with Gasteiger partial charge in [0.15, 0.2) is 0 Å². The summed E-state index contributed by atoms with van der Waals surface area (Å²) < 4.78 is 5.73. The highest BCUT2D eigenvalue weighted by Crippen LogP contribution is 2.30. The number of benzene rings is 2. The van der Waals surface area contributed by atoms with Crippen LogP contribution in [0.3, 0.4) is 0 Å². The zero-order valence-electron chi connectivity index (χ0n) is 17.0. The SMILES string of the molecule is CC(NC(=O)C1(NCCOc2cccc(Cl)c2)CCCC1)c1ccc(C(=O)O)cc1. The first kappa shape index (κ1) is 22.1. The summed E-state index contributed by atoms with van der Waals surface area (Å²) in [6.45, 7) is 2.88. The number of nitrogens with one attached hydrogen (secondary N) is 2. The minimum Gasteiger partial charge on any atom is -0.492 e. The Balaban J connectivity index is 1.56. The van der Waals surface area contributed by atoms with E-state index in [9.17, 15) is 9.59 Å². The summed E-state index contributed by atoms with van der Waals surface area (Å²) in [5.41, 5.74) is 0.490. The molecule has 30 heavy (non-hydrogen) atoms. The van der Waals surface area contributed by atoms with Crippen molar-refractivity contribution in [3.8, 4) is 5.75 Å². The van der Waals surface area contributed by atoms with Crippen LogP contribution < -0.4 is 15.4 Å². The van der Waals surface area contributed by atoms with E-state index in [0.717, 1.165) is 31.2 Å². The van der Waals surface area contributed by atoms with Crippen molar-refractivity contribution >= 4 is 23.5 Å². The van der Waals surface area contributed by atoms with E-state index in [1.54, 1.807) is 36.4 Å². The van der Waals surface area contributed by atoms with Crippen molar-refractivity contribution < 1.29 is 19.4 Å². The van der Waals surface area contributed by atoms with Crippen molar-refractivity contribution in [3.63, 3.8) is 0 Å². The molecular weight excluding hydrogens is 404 g/mol. The fourth-order valence-corrected chi connectivity index (χ4v) is 3.99. The van der Waals surface area contributed by atoms with Gasteiger partial charge in [-0.15, -0.1) is 0 Å². The summed E-state index contributed by atoms with van der Waals surface area (Å²) in [6.07, 6.45) is 3.55. The predicted molar refractivity (Wildman–Crippen MR) is 116 cm³/mol. The second-order valence-electron chi connectivity index (χ2n) is 7.64. The third kappa shape index (κ3) is 5.52. The molecule has 0 spiro atoms. The molecule has 1 aliphatic rings. The summed E-state index contributed by atoms with van der Waals surface area (Å²) in [5, 5.41) is 16.2. The van der Waals surface area contributed by atoms with Crippen molar-refractivity contribution in [2.45, 2.75) is 44.2 Å². The molecule has 1 aliphatic carbocycles. The molecule has 160 valence electrons. The van der Waals surface area contributed by atoms with Gasteiger partial charge in [0.25, 0.3) is 0 Å². The Morgan fingerprint density at radius 1 is 1.17 bits per heavy atom. The number of aromatic carboxylic acids is 1. The Kier molecular flexibility index (Phi) is 7.34. The van der Waals surface area contributed by atoms with E-state index in [2.05, 4.69) is 10.6 Å². The molecule has 1 amide bonds. The van der Waals surface area contributed by atoms with Crippen LogP contribution in [0.15, 0.2) is 48.5 Å². The van der Waals surface area contributed by atoms with Crippen molar-refractivity contribution in [2.75, 3.05) is 13.2 Å². The summed E-state index contributed by atoms with van der Waals surface area (Å²) in [5.74, 6) is -0.294. The van der Waals surface area contributed by atoms with Crippen LogP contribution in [0.4, 0.5) is 0 Å². The second kappa shape index (κ2) is 9.96. The van der Waals surface area contributed by atoms with Crippen molar-refractivity contribution in [2.24, 2.45) is 0 Å². The van der Waals surface area contributed by atoms with E-state index in [4.69, 9.17) is 21.4 Å². The first-order valence-corrected chi connectivity index (χ1v) is 10.5. The van der Waals surface area contributed by atoms with Gasteiger partial charge in [-0.25, -0.2) is 4.79 Å². The molecule has 3 rings (SSSR count). The van der Waals surface area contributed by atoms with Crippen molar-refractivity contribution in [1.29, 1.82) is 0 Å². The van der Waals surface area contributed by atoms with Crippen LogP contribution in [-0.2, 0) is 4.79 Å². The summed E-state index contributed by atoms with van der Waals surface area (Å²) in [4.78, 5) is 24.1. The molecule has 2 aromatic carbocycles. The highest BCUT2D eigenvalue weighted by atomic mass is 35.5. The van der Waals surface area contributed by atoms with Gasteiger partial charge in [-0.2, -0.15) is 0 Å².